The van der Waals surface area contributed by atoms with Gasteiger partial charge in [-0.15, -0.1) is 11.3 Å². The summed E-state index contributed by atoms with van der Waals surface area (Å²) in [6.07, 6.45) is 5.21. The molecule has 5 nitrogen and oxygen atoms in total. The number of hydrogen-bond donors (Lipinski definition) is 1. The van der Waals surface area contributed by atoms with Gasteiger partial charge in [-0.2, -0.15) is 0 Å². The molecule has 2 aliphatic heterocycles. The summed E-state index contributed by atoms with van der Waals surface area (Å²) in [4.78, 5) is 30.2. The van der Waals surface area contributed by atoms with E-state index in [1.54, 1.807) is 0 Å². The van der Waals surface area contributed by atoms with Crippen LogP contribution in [0.5, 0.6) is 0 Å². The monoisotopic (exact) mass is 397 g/mol. The van der Waals surface area contributed by atoms with Gasteiger partial charge < -0.3 is 15.1 Å². The third kappa shape index (κ3) is 4.38. The zero-order chi connectivity index (χ0) is 19.3. The van der Waals surface area contributed by atoms with Gasteiger partial charge in [-0.1, -0.05) is 12.1 Å². The van der Waals surface area contributed by atoms with Gasteiger partial charge in [-0.3, -0.25) is 9.59 Å². The topological polar surface area (TPSA) is 52.7 Å². The zero-order valence-electron chi connectivity index (χ0n) is 16.1. The number of benzene rings is 1. The Morgan fingerprint density at radius 2 is 1.75 bits per heavy atom. The molecule has 1 aromatic carbocycles. The van der Waals surface area contributed by atoms with Crippen LogP contribution in [0.2, 0.25) is 0 Å². The first-order valence-corrected chi connectivity index (χ1v) is 11.1. The van der Waals surface area contributed by atoms with Crippen LogP contribution in [-0.4, -0.2) is 42.9 Å². The molecule has 3 heterocycles. The number of amides is 2. The highest BCUT2D eigenvalue weighted by Crippen LogP contribution is 2.25. The molecule has 2 aliphatic rings. The molecule has 0 spiro atoms. The second kappa shape index (κ2) is 8.78. The molecule has 2 saturated heterocycles. The summed E-state index contributed by atoms with van der Waals surface area (Å²) >= 11 is 1.47. The van der Waals surface area contributed by atoms with E-state index >= 15 is 0 Å². The largest absolute Gasteiger partial charge is 0.371 e. The highest BCUT2D eigenvalue weighted by molar-refractivity contribution is 7.12. The molecule has 0 atom stereocenters. The molecule has 0 aliphatic carbocycles. The van der Waals surface area contributed by atoms with Gasteiger partial charge in [-0.05, 0) is 61.7 Å². The molecule has 1 N–H and O–H groups in total. The third-order valence-corrected chi connectivity index (χ3v) is 6.58. The van der Waals surface area contributed by atoms with E-state index in [9.17, 15) is 9.59 Å². The Labute approximate surface area is 170 Å². The molecule has 1 aromatic heterocycles. The molecule has 4 rings (SSSR count). The quantitative estimate of drug-likeness (QED) is 0.840. The first-order chi connectivity index (χ1) is 13.7. The van der Waals surface area contributed by atoms with Crippen molar-refractivity contribution in [3.8, 4) is 0 Å². The predicted octanol–water partition coefficient (Wildman–Crippen LogP) is 4.23. The molecule has 2 fully saturated rings. The van der Waals surface area contributed by atoms with E-state index in [1.807, 2.05) is 34.5 Å². The lowest BCUT2D eigenvalue weighted by Crippen LogP contribution is -2.41. The van der Waals surface area contributed by atoms with Gasteiger partial charge in [0.15, 0.2) is 0 Å². The van der Waals surface area contributed by atoms with Crippen LogP contribution in [0.1, 0.15) is 41.8 Å². The number of thiophene rings is 1. The van der Waals surface area contributed by atoms with E-state index in [4.69, 9.17) is 0 Å². The summed E-state index contributed by atoms with van der Waals surface area (Å²) in [6, 6.07) is 11.9. The van der Waals surface area contributed by atoms with Crippen molar-refractivity contribution in [3.05, 3.63) is 46.7 Å². The molecule has 28 heavy (non-hydrogen) atoms. The molecular formula is C22H27N3O2S. The van der Waals surface area contributed by atoms with E-state index in [2.05, 4.69) is 22.3 Å². The first-order valence-electron chi connectivity index (χ1n) is 10.2. The number of nitrogens with zero attached hydrogens (tertiary/aromatic N) is 2. The van der Waals surface area contributed by atoms with Crippen LogP contribution >= 0.6 is 11.3 Å². The fourth-order valence-electron chi connectivity index (χ4n) is 4.08. The van der Waals surface area contributed by atoms with E-state index < -0.39 is 0 Å². The second-order valence-corrected chi connectivity index (χ2v) is 8.58. The number of carbonyl (C=O) groups is 2. The third-order valence-electron chi connectivity index (χ3n) is 5.72. The highest BCUT2D eigenvalue weighted by Gasteiger charge is 2.28. The van der Waals surface area contributed by atoms with Crippen LogP contribution in [0.15, 0.2) is 41.8 Å². The summed E-state index contributed by atoms with van der Waals surface area (Å²) in [7, 11) is 0. The van der Waals surface area contributed by atoms with Crippen molar-refractivity contribution in [2.45, 2.75) is 32.1 Å². The van der Waals surface area contributed by atoms with E-state index in [0.29, 0.717) is 13.1 Å². The Balaban J connectivity index is 1.31. The summed E-state index contributed by atoms with van der Waals surface area (Å²) in [5.41, 5.74) is 2.05. The van der Waals surface area contributed by atoms with Gasteiger partial charge in [-0.25, -0.2) is 0 Å². The van der Waals surface area contributed by atoms with Gasteiger partial charge in [0.05, 0.1) is 4.88 Å². The molecule has 2 amide bonds. The standard InChI is InChI=1S/C22H27N3O2S/c26-21(17-9-13-25(14-10-17)22(27)20-8-5-15-28-20)23-18-6-4-7-19(16-18)24-11-2-1-3-12-24/h4-8,15-17H,1-3,9-14H2,(H,23,26). The summed E-state index contributed by atoms with van der Waals surface area (Å²) in [6.45, 7) is 3.47. The maximum atomic E-state index is 12.7. The van der Waals surface area contributed by atoms with Gasteiger partial charge in [0.1, 0.15) is 0 Å². The second-order valence-electron chi connectivity index (χ2n) is 7.63. The number of carbonyl (C=O) groups excluding carboxylic acids is 2. The predicted molar refractivity (Wildman–Crippen MR) is 114 cm³/mol. The number of likely N-dealkylation sites (tertiary alicyclic amines) is 1. The number of nitrogens with one attached hydrogen (secondary N) is 1. The van der Waals surface area contributed by atoms with Crippen LogP contribution in [0.25, 0.3) is 0 Å². The lowest BCUT2D eigenvalue weighted by molar-refractivity contribution is -0.121. The molecule has 148 valence electrons. The Bertz CT molecular complexity index is 807. The smallest absolute Gasteiger partial charge is 0.263 e. The fraction of sp³-hybridized carbons (Fsp3) is 0.455. The fourth-order valence-corrected chi connectivity index (χ4v) is 4.77. The SMILES string of the molecule is O=C(Nc1cccc(N2CCCCC2)c1)C1CCN(C(=O)c2cccs2)CC1. The minimum Gasteiger partial charge on any atom is -0.371 e. The van der Waals surface area contributed by atoms with Gasteiger partial charge in [0, 0.05) is 43.5 Å². The lowest BCUT2D eigenvalue weighted by atomic mass is 9.95. The minimum absolute atomic E-state index is 0.0361. The van der Waals surface area contributed by atoms with Crippen molar-refractivity contribution < 1.29 is 9.59 Å². The van der Waals surface area contributed by atoms with E-state index in [0.717, 1.165) is 36.5 Å². The lowest BCUT2D eigenvalue weighted by Gasteiger charge is -2.31. The molecule has 0 bridgehead atoms. The van der Waals surface area contributed by atoms with Crippen molar-refractivity contribution in [2.24, 2.45) is 5.92 Å². The molecular weight excluding hydrogens is 370 g/mol. The summed E-state index contributed by atoms with van der Waals surface area (Å²) < 4.78 is 0. The maximum absolute atomic E-state index is 12.7. The van der Waals surface area contributed by atoms with Crippen LogP contribution in [0.3, 0.4) is 0 Å². The van der Waals surface area contributed by atoms with Crippen molar-refractivity contribution >= 4 is 34.5 Å². The van der Waals surface area contributed by atoms with Gasteiger partial charge >= 0.3 is 0 Å². The molecule has 0 saturated carbocycles. The molecule has 0 radical (unpaired) electrons. The molecule has 2 aromatic rings. The van der Waals surface area contributed by atoms with Gasteiger partial charge in [0.2, 0.25) is 5.91 Å². The minimum atomic E-state index is -0.0361. The number of anilines is 2. The molecule has 6 heteroatoms. The summed E-state index contributed by atoms with van der Waals surface area (Å²) in [5, 5.41) is 5.02. The highest BCUT2D eigenvalue weighted by atomic mass is 32.1. The van der Waals surface area contributed by atoms with Crippen molar-refractivity contribution in [1.82, 2.24) is 4.90 Å². The molecule has 0 unspecified atom stereocenters. The normalized spacial score (nSPS) is 18.1. The van der Waals surface area contributed by atoms with Crippen LogP contribution in [0.4, 0.5) is 11.4 Å². The van der Waals surface area contributed by atoms with Crippen LogP contribution in [-0.2, 0) is 4.79 Å². The number of rotatable bonds is 4. The Morgan fingerprint density at radius 1 is 0.964 bits per heavy atom. The first kappa shape index (κ1) is 19.0. The van der Waals surface area contributed by atoms with Crippen LogP contribution < -0.4 is 10.2 Å². The Morgan fingerprint density at radius 3 is 2.46 bits per heavy atom. The van der Waals surface area contributed by atoms with Crippen molar-refractivity contribution in [3.63, 3.8) is 0 Å². The Kier molecular flexibility index (Phi) is 5.95. The maximum Gasteiger partial charge on any atom is 0.263 e. The zero-order valence-corrected chi connectivity index (χ0v) is 16.9. The average molecular weight is 398 g/mol. The van der Waals surface area contributed by atoms with Crippen molar-refractivity contribution in [1.29, 1.82) is 0 Å². The Hall–Kier alpha value is -2.34. The van der Waals surface area contributed by atoms with Crippen molar-refractivity contribution in [2.75, 3.05) is 36.4 Å². The van der Waals surface area contributed by atoms with Gasteiger partial charge in [0.25, 0.3) is 5.91 Å². The van der Waals surface area contributed by atoms with Crippen LogP contribution in [0, 0.1) is 5.92 Å². The van der Waals surface area contributed by atoms with E-state index in [1.165, 1.54) is 36.3 Å². The van der Waals surface area contributed by atoms with E-state index in [-0.39, 0.29) is 17.7 Å². The average Bonchev–Trinajstić information content (AvgIpc) is 3.29. The summed E-state index contributed by atoms with van der Waals surface area (Å²) in [5.74, 6) is 0.119. The number of piperidine rings is 2. The number of hydrogen-bond acceptors (Lipinski definition) is 4.